The first kappa shape index (κ1) is 15.2. The van der Waals surface area contributed by atoms with Crippen LogP contribution in [0.5, 0.6) is 5.75 Å². The number of aliphatic hydroxyl groups is 1. The molecule has 0 saturated carbocycles. The molecule has 1 heterocycles. The maximum atomic E-state index is 13.1. The summed E-state index contributed by atoms with van der Waals surface area (Å²) in [5.74, 6) is -2.03. The van der Waals surface area contributed by atoms with Crippen LogP contribution in [0.2, 0.25) is 0 Å². The van der Waals surface area contributed by atoms with Crippen LogP contribution in [-0.4, -0.2) is 51.8 Å². The van der Waals surface area contributed by atoms with Gasteiger partial charge in [-0.15, -0.1) is 0 Å². The Morgan fingerprint density at radius 2 is 2.19 bits per heavy atom. The highest BCUT2D eigenvalue weighted by Gasteiger charge is 2.40. The van der Waals surface area contributed by atoms with Crippen molar-refractivity contribution in [1.82, 2.24) is 4.90 Å². The van der Waals surface area contributed by atoms with E-state index in [1.807, 2.05) is 0 Å². The summed E-state index contributed by atoms with van der Waals surface area (Å²) in [5.41, 5.74) is 0. The summed E-state index contributed by atoms with van der Waals surface area (Å²) < 4.78 is 18.4. The van der Waals surface area contributed by atoms with Crippen LogP contribution in [0, 0.1) is 5.82 Å². The summed E-state index contributed by atoms with van der Waals surface area (Å²) in [4.78, 5) is 24.4. The summed E-state index contributed by atoms with van der Waals surface area (Å²) in [6.07, 6.45) is -1.84. The molecular formula is C14H16FNO5. The van der Waals surface area contributed by atoms with Crippen molar-refractivity contribution in [2.24, 2.45) is 0 Å². The van der Waals surface area contributed by atoms with Gasteiger partial charge in [0.05, 0.1) is 6.10 Å². The van der Waals surface area contributed by atoms with Crippen LogP contribution in [-0.2, 0) is 9.59 Å². The van der Waals surface area contributed by atoms with Crippen LogP contribution >= 0.6 is 0 Å². The largest absolute Gasteiger partial charge is 0.481 e. The first-order valence-corrected chi connectivity index (χ1v) is 6.52. The lowest BCUT2D eigenvalue weighted by Gasteiger charge is -2.25. The summed E-state index contributed by atoms with van der Waals surface area (Å²) in [6, 6.07) is 4.27. The first-order valence-electron chi connectivity index (χ1n) is 6.52. The molecule has 7 heteroatoms. The Bertz CT molecular complexity index is 550. The van der Waals surface area contributed by atoms with Crippen LogP contribution < -0.4 is 4.74 Å². The minimum absolute atomic E-state index is 0.00619. The molecule has 1 aromatic rings. The predicted molar refractivity (Wildman–Crippen MR) is 70.3 cm³/mol. The number of benzene rings is 1. The molecular weight excluding hydrogens is 281 g/mol. The molecule has 1 aliphatic heterocycles. The van der Waals surface area contributed by atoms with Gasteiger partial charge in [-0.2, -0.15) is 0 Å². The number of halogens is 1. The van der Waals surface area contributed by atoms with Crippen LogP contribution in [0.3, 0.4) is 0 Å². The van der Waals surface area contributed by atoms with E-state index in [1.165, 1.54) is 25.1 Å². The highest BCUT2D eigenvalue weighted by Crippen LogP contribution is 2.21. The summed E-state index contributed by atoms with van der Waals surface area (Å²) in [6.45, 7) is 1.41. The van der Waals surface area contributed by atoms with Gasteiger partial charge in [-0.1, -0.05) is 6.07 Å². The Morgan fingerprint density at radius 3 is 2.81 bits per heavy atom. The lowest BCUT2D eigenvalue weighted by atomic mass is 10.2. The molecule has 6 nitrogen and oxygen atoms in total. The van der Waals surface area contributed by atoms with Gasteiger partial charge in [-0.05, 0) is 19.1 Å². The first-order chi connectivity index (χ1) is 9.88. The fourth-order valence-electron chi connectivity index (χ4n) is 2.32. The average molecular weight is 297 g/mol. The fourth-order valence-corrected chi connectivity index (χ4v) is 2.32. The van der Waals surface area contributed by atoms with E-state index in [9.17, 15) is 19.1 Å². The molecule has 1 aliphatic rings. The van der Waals surface area contributed by atoms with Gasteiger partial charge in [-0.25, -0.2) is 9.18 Å². The number of carboxylic acids is 1. The van der Waals surface area contributed by atoms with Crippen molar-refractivity contribution >= 4 is 11.9 Å². The van der Waals surface area contributed by atoms with Crippen LogP contribution in [0.25, 0.3) is 0 Å². The number of carbonyl (C=O) groups is 2. The molecule has 2 rings (SSSR count). The van der Waals surface area contributed by atoms with E-state index in [2.05, 4.69) is 0 Å². The molecule has 0 bridgehead atoms. The van der Waals surface area contributed by atoms with Gasteiger partial charge in [-0.3, -0.25) is 4.79 Å². The number of amides is 1. The van der Waals surface area contributed by atoms with E-state index in [4.69, 9.17) is 9.84 Å². The smallest absolute Gasteiger partial charge is 0.326 e. The quantitative estimate of drug-likeness (QED) is 0.851. The minimum atomic E-state index is -1.17. The van der Waals surface area contributed by atoms with Crippen molar-refractivity contribution < 1.29 is 28.9 Å². The second-order valence-electron chi connectivity index (χ2n) is 4.95. The van der Waals surface area contributed by atoms with E-state index in [0.29, 0.717) is 0 Å². The van der Waals surface area contributed by atoms with E-state index >= 15 is 0 Å². The van der Waals surface area contributed by atoms with E-state index in [0.717, 1.165) is 11.0 Å². The van der Waals surface area contributed by atoms with E-state index in [1.54, 1.807) is 0 Å². The zero-order valence-electron chi connectivity index (χ0n) is 11.4. The molecule has 0 radical (unpaired) electrons. The van der Waals surface area contributed by atoms with Crippen molar-refractivity contribution in [3.8, 4) is 5.75 Å². The lowest BCUT2D eigenvalue weighted by molar-refractivity contribution is -0.150. The number of carbonyl (C=O) groups excluding carboxylic acids is 1. The molecule has 0 aromatic heterocycles. The molecule has 1 aromatic carbocycles. The normalized spacial score (nSPS) is 22.9. The van der Waals surface area contributed by atoms with Crippen LogP contribution in [0.4, 0.5) is 4.39 Å². The zero-order valence-corrected chi connectivity index (χ0v) is 11.4. The van der Waals surface area contributed by atoms with Gasteiger partial charge in [0.2, 0.25) is 0 Å². The Hall–Kier alpha value is -2.15. The highest BCUT2D eigenvalue weighted by atomic mass is 19.1. The number of carboxylic acid groups (broad SMARTS) is 1. The molecule has 0 aliphatic carbocycles. The molecule has 1 unspecified atom stereocenters. The lowest BCUT2D eigenvalue weighted by Crippen LogP contribution is -2.46. The van der Waals surface area contributed by atoms with E-state index < -0.39 is 35.9 Å². The number of rotatable bonds is 4. The van der Waals surface area contributed by atoms with Crippen molar-refractivity contribution in [2.75, 3.05) is 6.54 Å². The number of aliphatic carboxylic acids is 1. The number of likely N-dealkylation sites (tertiary alicyclic amines) is 1. The van der Waals surface area contributed by atoms with E-state index in [-0.39, 0.29) is 18.7 Å². The molecule has 2 N–H and O–H groups in total. The molecule has 0 spiro atoms. The van der Waals surface area contributed by atoms with Crippen molar-refractivity contribution in [3.63, 3.8) is 0 Å². The van der Waals surface area contributed by atoms with Gasteiger partial charge < -0.3 is 19.8 Å². The number of ether oxygens (including phenoxy) is 1. The predicted octanol–water partition coefficient (Wildman–Crippen LogP) is 0.639. The molecule has 1 saturated heterocycles. The third-order valence-electron chi connectivity index (χ3n) is 3.30. The second-order valence-corrected chi connectivity index (χ2v) is 4.95. The summed E-state index contributed by atoms with van der Waals surface area (Å²) in [7, 11) is 0. The van der Waals surface area contributed by atoms with Gasteiger partial charge in [0.1, 0.15) is 17.6 Å². The Morgan fingerprint density at radius 1 is 1.48 bits per heavy atom. The van der Waals surface area contributed by atoms with Crippen molar-refractivity contribution in [1.29, 1.82) is 0 Å². The minimum Gasteiger partial charge on any atom is -0.481 e. The Kier molecular flexibility index (Phi) is 4.42. The molecule has 1 fully saturated rings. The van der Waals surface area contributed by atoms with Gasteiger partial charge in [0.15, 0.2) is 6.10 Å². The van der Waals surface area contributed by atoms with Crippen LogP contribution in [0.1, 0.15) is 13.3 Å². The van der Waals surface area contributed by atoms with Gasteiger partial charge in [0.25, 0.3) is 5.91 Å². The van der Waals surface area contributed by atoms with Crippen molar-refractivity contribution in [2.45, 2.75) is 31.6 Å². The SMILES string of the molecule is CC(Oc1cccc(F)c1)C(=O)N1C[C@H](O)C[C@@H]1C(=O)O. The number of β-amino-alcohol motifs (C(OH)–C–C–N with tert-alkyl or cyclic N) is 1. The highest BCUT2D eigenvalue weighted by molar-refractivity contribution is 5.87. The maximum absolute atomic E-state index is 13.1. The number of hydrogen-bond acceptors (Lipinski definition) is 4. The Balaban J connectivity index is 2.06. The molecule has 114 valence electrons. The number of aliphatic hydroxyl groups excluding tert-OH is 1. The van der Waals surface area contributed by atoms with Crippen LogP contribution in [0.15, 0.2) is 24.3 Å². The third-order valence-corrected chi connectivity index (χ3v) is 3.30. The number of hydrogen-bond donors (Lipinski definition) is 2. The molecule has 3 atom stereocenters. The van der Waals surface area contributed by atoms with Crippen molar-refractivity contribution in [3.05, 3.63) is 30.1 Å². The fraction of sp³-hybridized carbons (Fsp3) is 0.429. The zero-order chi connectivity index (χ0) is 15.6. The Labute approximate surface area is 120 Å². The summed E-state index contributed by atoms with van der Waals surface area (Å²) >= 11 is 0. The molecule has 1 amide bonds. The standard InChI is InChI=1S/C14H16FNO5/c1-8(21-11-4-2-3-9(15)5-11)13(18)16-7-10(17)6-12(16)14(19)20/h2-5,8,10,12,17H,6-7H2,1H3,(H,19,20)/t8?,10-,12-/m1/s1. The van der Waals surface area contributed by atoms with Gasteiger partial charge >= 0.3 is 5.97 Å². The molecule has 21 heavy (non-hydrogen) atoms. The topological polar surface area (TPSA) is 87.1 Å². The maximum Gasteiger partial charge on any atom is 0.326 e. The van der Waals surface area contributed by atoms with Gasteiger partial charge in [0, 0.05) is 19.0 Å². The number of nitrogens with zero attached hydrogens (tertiary/aromatic N) is 1. The monoisotopic (exact) mass is 297 g/mol. The summed E-state index contributed by atoms with van der Waals surface area (Å²) in [5, 5.41) is 18.6. The second kappa shape index (κ2) is 6.09. The average Bonchev–Trinajstić information content (AvgIpc) is 2.80. The third kappa shape index (κ3) is 3.49.